The Morgan fingerprint density at radius 2 is 1.82 bits per heavy atom. The Balaban J connectivity index is 2.57. The predicted molar refractivity (Wildman–Crippen MR) is 60.7 cm³/mol. The predicted octanol–water partition coefficient (Wildman–Crippen LogP) is 3.94. The second-order valence-corrected chi connectivity index (χ2v) is 5.66. The molecule has 1 aliphatic carbocycles. The van der Waals surface area contributed by atoms with Gasteiger partial charge in [-0.05, 0) is 29.5 Å². The third-order valence-corrected chi connectivity index (χ3v) is 3.81. The molecule has 94 valence electrons. The first-order valence-corrected chi connectivity index (χ1v) is 5.62. The monoisotopic (exact) mass is 263 g/mol. The third kappa shape index (κ3) is 1.93. The fourth-order valence-electron chi connectivity index (χ4n) is 2.25. The molecule has 0 spiro atoms. The summed E-state index contributed by atoms with van der Waals surface area (Å²) in [6.45, 7) is 3.73. The summed E-state index contributed by atoms with van der Waals surface area (Å²) in [6, 6.07) is 3.79. The second-order valence-electron chi connectivity index (χ2n) is 5.22. The van der Waals surface area contributed by atoms with Crippen molar-refractivity contribution in [2.24, 2.45) is 11.1 Å². The Morgan fingerprint density at radius 1 is 1.29 bits per heavy atom. The highest BCUT2D eigenvalue weighted by Crippen LogP contribution is 2.62. The standard InChI is InChI=1S/C12H13ClF3N/c1-10(2)6-11(10,17)8-4-3-7(13)5-9(8)12(14,15)16/h3-5H,6,17H2,1-2H3. The first-order chi connectivity index (χ1) is 7.58. The van der Waals surface area contributed by atoms with Crippen LogP contribution in [0.4, 0.5) is 13.2 Å². The van der Waals surface area contributed by atoms with Crippen LogP contribution in [0.15, 0.2) is 18.2 Å². The van der Waals surface area contributed by atoms with Gasteiger partial charge >= 0.3 is 6.18 Å². The smallest absolute Gasteiger partial charge is 0.321 e. The highest BCUT2D eigenvalue weighted by Gasteiger charge is 2.61. The molecule has 0 heterocycles. The summed E-state index contributed by atoms with van der Waals surface area (Å²) in [4.78, 5) is 0. The van der Waals surface area contributed by atoms with E-state index in [-0.39, 0.29) is 16.0 Å². The van der Waals surface area contributed by atoms with Crippen LogP contribution in [0.1, 0.15) is 31.4 Å². The summed E-state index contributed by atoms with van der Waals surface area (Å²) in [6.07, 6.45) is -3.88. The van der Waals surface area contributed by atoms with Crippen LogP contribution in [0.3, 0.4) is 0 Å². The Labute approximate surface area is 103 Å². The molecule has 1 fully saturated rings. The molecule has 1 atom stereocenters. The van der Waals surface area contributed by atoms with Gasteiger partial charge in [0.05, 0.1) is 5.56 Å². The molecule has 1 nitrogen and oxygen atoms in total. The van der Waals surface area contributed by atoms with E-state index in [2.05, 4.69) is 0 Å². The van der Waals surface area contributed by atoms with Crippen molar-refractivity contribution >= 4 is 11.6 Å². The largest absolute Gasteiger partial charge is 0.416 e. The van der Waals surface area contributed by atoms with Gasteiger partial charge in [0.1, 0.15) is 0 Å². The number of nitrogens with two attached hydrogens (primary N) is 1. The van der Waals surface area contributed by atoms with Gasteiger partial charge in [0.15, 0.2) is 0 Å². The SMILES string of the molecule is CC1(C)CC1(N)c1ccc(Cl)cc1C(F)(F)F. The van der Waals surface area contributed by atoms with Gasteiger partial charge in [0, 0.05) is 10.6 Å². The number of hydrogen-bond donors (Lipinski definition) is 1. The topological polar surface area (TPSA) is 26.0 Å². The summed E-state index contributed by atoms with van der Waals surface area (Å²) >= 11 is 5.62. The lowest BCUT2D eigenvalue weighted by molar-refractivity contribution is -0.138. The van der Waals surface area contributed by atoms with Crippen molar-refractivity contribution in [3.63, 3.8) is 0 Å². The minimum absolute atomic E-state index is 0.0723. The number of halogens is 4. The minimum Gasteiger partial charge on any atom is -0.321 e. The van der Waals surface area contributed by atoms with Gasteiger partial charge in [-0.15, -0.1) is 0 Å². The molecule has 0 aliphatic heterocycles. The van der Waals surface area contributed by atoms with E-state index < -0.39 is 17.3 Å². The lowest BCUT2D eigenvalue weighted by atomic mass is 9.92. The van der Waals surface area contributed by atoms with Gasteiger partial charge < -0.3 is 5.73 Å². The Bertz CT molecular complexity index is 467. The lowest BCUT2D eigenvalue weighted by Gasteiger charge is -2.21. The van der Waals surface area contributed by atoms with Crippen molar-refractivity contribution in [1.29, 1.82) is 0 Å². The maximum Gasteiger partial charge on any atom is 0.416 e. The van der Waals surface area contributed by atoms with E-state index in [0.717, 1.165) is 6.07 Å². The fraction of sp³-hybridized carbons (Fsp3) is 0.500. The van der Waals surface area contributed by atoms with Gasteiger partial charge in [-0.1, -0.05) is 31.5 Å². The van der Waals surface area contributed by atoms with Crippen LogP contribution in [-0.4, -0.2) is 0 Å². The van der Waals surface area contributed by atoms with Crippen LogP contribution in [0, 0.1) is 5.41 Å². The van der Waals surface area contributed by atoms with Crippen LogP contribution in [0.5, 0.6) is 0 Å². The molecule has 0 aromatic heterocycles. The molecule has 2 rings (SSSR count). The maximum atomic E-state index is 12.9. The van der Waals surface area contributed by atoms with E-state index in [1.807, 2.05) is 13.8 Å². The first-order valence-electron chi connectivity index (χ1n) is 5.24. The van der Waals surface area contributed by atoms with Crippen molar-refractivity contribution in [2.45, 2.75) is 32.0 Å². The van der Waals surface area contributed by atoms with E-state index in [1.165, 1.54) is 12.1 Å². The number of rotatable bonds is 1. The van der Waals surface area contributed by atoms with Gasteiger partial charge in [-0.2, -0.15) is 13.2 Å². The molecule has 1 saturated carbocycles. The average molecular weight is 264 g/mol. The Morgan fingerprint density at radius 3 is 2.24 bits per heavy atom. The molecule has 1 aromatic rings. The number of hydrogen-bond acceptors (Lipinski definition) is 1. The van der Waals surface area contributed by atoms with Crippen molar-refractivity contribution in [3.05, 3.63) is 34.3 Å². The molecule has 17 heavy (non-hydrogen) atoms. The molecule has 5 heteroatoms. The van der Waals surface area contributed by atoms with Gasteiger partial charge in [0.2, 0.25) is 0 Å². The van der Waals surface area contributed by atoms with Crippen molar-refractivity contribution in [1.82, 2.24) is 0 Å². The van der Waals surface area contributed by atoms with E-state index >= 15 is 0 Å². The molecule has 0 amide bonds. The molecule has 0 radical (unpaired) electrons. The third-order valence-electron chi connectivity index (χ3n) is 3.57. The summed E-state index contributed by atoms with van der Waals surface area (Å²) in [5, 5.41) is 0.0723. The zero-order valence-electron chi connectivity index (χ0n) is 9.53. The average Bonchev–Trinajstić information content (AvgIpc) is 2.65. The van der Waals surface area contributed by atoms with Crippen LogP contribution in [0.25, 0.3) is 0 Å². The zero-order valence-corrected chi connectivity index (χ0v) is 10.3. The van der Waals surface area contributed by atoms with Crippen LogP contribution in [-0.2, 0) is 11.7 Å². The molecule has 0 bridgehead atoms. The molecule has 1 aromatic carbocycles. The minimum atomic E-state index is -4.43. The van der Waals surface area contributed by atoms with Crippen LogP contribution >= 0.6 is 11.6 Å². The first kappa shape index (κ1) is 12.7. The number of benzene rings is 1. The molecule has 2 N–H and O–H groups in total. The highest BCUT2D eigenvalue weighted by atomic mass is 35.5. The van der Waals surface area contributed by atoms with Crippen molar-refractivity contribution < 1.29 is 13.2 Å². The highest BCUT2D eigenvalue weighted by molar-refractivity contribution is 6.30. The fourth-order valence-corrected chi connectivity index (χ4v) is 2.42. The van der Waals surface area contributed by atoms with E-state index in [4.69, 9.17) is 17.3 Å². The molecular weight excluding hydrogens is 251 g/mol. The summed E-state index contributed by atoms with van der Waals surface area (Å²) in [5.74, 6) is 0. The van der Waals surface area contributed by atoms with Crippen molar-refractivity contribution in [2.75, 3.05) is 0 Å². The van der Waals surface area contributed by atoms with Gasteiger partial charge in [-0.3, -0.25) is 0 Å². The van der Waals surface area contributed by atoms with Crippen LogP contribution in [0.2, 0.25) is 5.02 Å². The van der Waals surface area contributed by atoms with Crippen LogP contribution < -0.4 is 5.73 Å². The van der Waals surface area contributed by atoms with Gasteiger partial charge in [-0.25, -0.2) is 0 Å². The summed E-state index contributed by atoms with van der Waals surface area (Å²) < 4.78 is 38.8. The number of alkyl halides is 3. The second kappa shape index (κ2) is 3.39. The quantitative estimate of drug-likeness (QED) is 0.816. The maximum absolute atomic E-state index is 12.9. The van der Waals surface area contributed by atoms with Crippen molar-refractivity contribution in [3.8, 4) is 0 Å². The molecule has 0 saturated heterocycles. The van der Waals surface area contributed by atoms with E-state index in [1.54, 1.807) is 0 Å². The van der Waals surface area contributed by atoms with Gasteiger partial charge in [0.25, 0.3) is 0 Å². The molecule has 1 unspecified atom stereocenters. The Kier molecular flexibility index (Phi) is 2.53. The summed E-state index contributed by atoms with van der Waals surface area (Å²) in [5.41, 5.74) is 4.26. The lowest BCUT2D eigenvalue weighted by Crippen LogP contribution is -2.28. The Hall–Kier alpha value is -0.740. The zero-order chi connectivity index (χ0) is 13.1. The summed E-state index contributed by atoms with van der Waals surface area (Å²) in [7, 11) is 0. The molecule has 1 aliphatic rings. The van der Waals surface area contributed by atoms with E-state index in [9.17, 15) is 13.2 Å². The normalized spacial score (nSPS) is 27.0. The molecular formula is C12H13ClF3N. The van der Waals surface area contributed by atoms with E-state index in [0.29, 0.717) is 6.42 Å².